The summed E-state index contributed by atoms with van der Waals surface area (Å²) in [5, 5.41) is 0. The molecular weight excluding hydrogens is 195 g/mol. The Kier molecular flexibility index (Phi) is 2.86. The number of rotatable bonds is 2. The second kappa shape index (κ2) is 4.14. The highest BCUT2D eigenvalue weighted by atomic mass is 19.1. The number of hydrogen-bond acceptors (Lipinski definition) is 3. The van der Waals surface area contributed by atoms with Crippen LogP contribution in [0.1, 0.15) is 13.3 Å². The van der Waals surface area contributed by atoms with Crippen molar-refractivity contribution in [1.29, 1.82) is 0 Å². The standard InChI is InChI=1S/C11H15FN2O/c1-8-10(4-6-15-8)14(2)9-3-5-13-11(12)7-9/h3,5,7-8,10H,4,6H2,1-2H3. The van der Waals surface area contributed by atoms with Gasteiger partial charge < -0.3 is 9.64 Å². The van der Waals surface area contributed by atoms with Crippen LogP contribution in [0, 0.1) is 5.95 Å². The SMILES string of the molecule is CC1OCCC1N(C)c1ccnc(F)c1. The molecule has 2 atom stereocenters. The van der Waals surface area contributed by atoms with Crippen molar-refractivity contribution in [2.75, 3.05) is 18.6 Å². The summed E-state index contributed by atoms with van der Waals surface area (Å²) in [6.45, 7) is 2.83. The summed E-state index contributed by atoms with van der Waals surface area (Å²) in [6.07, 6.45) is 2.68. The highest BCUT2D eigenvalue weighted by Crippen LogP contribution is 2.23. The van der Waals surface area contributed by atoms with Gasteiger partial charge in [-0.25, -0.2) is 4.98 Å². The van der Waals surface area contributed by atoms with Gasteiger partial charge in [0.25, 0.3) is 0 Å². The molecule has 0 saturated carbocycles. The topological polar surface area (TPSA) is 25.4 Å². The fraction of sp³-hybridized carbons (Fsp3) is 0.545. The number of anilines is 1. The lowest BCUT2D eigenvalue weighted by molar-refractivity contribution is 0.118. The van der Waals surface area contributed by atoms with Gasteiger partial charge >= 0.3 is 0 Å². The van der Waals surface area contributed by atoms with E-state index in [4.69, 9.17) is 4.74 Å². The van der Waals surface area contributed by atoms with Gasteiger partial charge in [0.1, 0.15) is 0 Å². The minimum Gasteiger partial charge on any atom is -0.376 e. The molecule has 4 heteroatoms. The van der Waals surface area contributed by atoms with Crippen LogP contribution in [0.25, 0.3) is 0 Å². The van der Waals surface area contributed by atoms with Gasteiger partial charge in [-0.3, -0.25) is 0 Å². The molecule has 0 amide bonds. The Hall–Kier alpha value is -1.16. The molecule has 0 bridgehead atoms. The average Bonchev–Trinajstić information content (AvgIpc) is 2.63. The first-order valence-corrected chi connectivity index (χ1v) is 5.14. The molecule has 2 unspecified atom stereocenters. The normalized spacial score (nSPS) is 25.5. The third-order valence-corrected chi connectivity index (χ3v) is 2.95. The van der Waals surface area contributed by atoms with Crippen LogP contribution in [-0.4, -0.2) is 30.8 Å². The van der Waals surface area contributed by atoms with Crippen molar-refractivity contribution < 1.29 is 9.13 Å². The van der Waals surface area contributed by atoms with Crippen LogP contribution in [0.3, 0.4) is 0 Å². The smallest absolute Gasteiger partial charge is 0.214 e. The summed E-state index contributed by atoms with van der Waals surface area (Å²) in [6, 6.07) is 3.59. The third-order valence-electron chi connectivity index (χ3n) is 2.95. The zero-order valence-corrected chi connectivity index (χ0v) is 8.98. The van der Waals surface area contributed by atoms with E-state index < -0.39 is 5.95 Å². The van der Waals surface area contributed by atoms with E-state index in [1.807, 2.05) is 20.0 Å². The summed E-state index contributed by atoms with van der Waals surface area (Å²) < 4.78 is 18.4. The van der Waals surface area contributed by atoms with Crippen LogP contribution in [0.4, 0.5) is 10.1 Å². The highest BCUT2D eigenvalue weighted by molar-refractivity contribution is 5.45. The second-order valence-corrected chi connectivity index (χ2v) is 3.88. The fourth-order valence-electron chi connectivity index (χ4n) is 2.03. The molecule has 0 aromatic carbocycles. The molecule has 0 N–H and O–H groups in total. The summed E-state index contributed by atoms with van der Waals surface area (Å²) in [5.41, 5.74) is 0.852. The van der Waals surface area contributed by atoms with Crippen molar-refractivity contribution >= 4 is 5.69 Å². The van der Waals surface area contributed by atoms with Gasteiger partial charge in [-0.2, -0.15) is 4.39 Å². The molecule has 3 nitrogen and oxygen atoms in total. The van der Waals surface area contributed by atoms with Crippen molar-refractivity contribution in [2.45, 2.75) is 25.5 Å². The lowest BCUT2D eigenvalue weighted by Crippen LogP contribution is -2.36. The van der Waals surface area contributed by atoms with Gasteiger partial charge in [0.15, 0.2) is 0 Å². The van der Waals surface area contributed by atoms with Crippen molar-refractivity contribution in [3.8, 4) is 0 Å². The summed E-state index contributed by atoms with van der Waals surface area (Å²) >= 11 is 0. The molecule has 0 aliphatic carbocycles. The fourth-order valence-corrected chi connectivity index (χ4v) is 2.03. The van der Waals surface area contributed by atoms with E-state index >= 15 is 0 Å². The molecule has 1 aromatic heterocycles. The molecule has 1 aliphatic heterocycles. The minimum atomic E-state index is -0.439. The number of ether oxygens (including phenoxy) is 1. The predicted molar refractivity (Wildman–Crippen MR) is 56.4 cm³/mol. The van der Waals surface area contributed by atoms with Crippen LogP contribution < -0.4 is 4.90 Å². The summed E-state index contributed by atoms with van der Waals surface area (Å²) in [4.78, 5) is 5.60. The van der Waals surface area contributed by atoms with Gasteiger partial charge in [0, 0.05) is 31.6 Å². The first-order valence-electron chi connectivity index (χ1n) is 5.14. The monoisotopic (exact) mass is 210 g/mol. The molecule has 2 heterocycles. The number of aromatic nitrogens is 1. The number of pyridine rings is 1. The Labute approximate surface area is 88.9 Å². The average molecular weight is 210 g/mol. The number of likely N-dealkylation sites (N-methyl/N-ethyl adjacent to an activating group) is 1. The molecule has 0 radical (unpaired) electrons. The van der Waals surface area contributed by atoms with Crippen molar-refractivity contribution in [1.82, 2.24) is 4.98 Å². The molecule has 2 rings (SSSR count). The zero-order valence-electron chi connectivity index (χ0n) is 8.98. The first-order chi connectivity index (χ1) is 7.18. The molecule has 1 fully saturated rings. The van der Waals surface area contributed by atoms with Crippen LogP contribution >= 0.6 is 0 Å². The van der Waals surface area contributed by atoms with E-state index in [9.17, 15) is 4.39 Å². The lowest BCUT2D eigenvalue weighted by Gasteiger charge is -2.28. The number of hydrogen-bond donors (Lipinski definition) is 0. The first kappa shape index (κ1) is 10.4. The van der Waals surface area contributed by atoms with Crippen LogP contribution in [-0.2, 0) is 4.74 Å². The van der Waals surface area contributed by atoms with E-state index in [-0.39, 0.29) is 6.10 Å². The van der Waals surface area contributed by atoms with Gasteiger partial charge in [-0.05, 0) is 19.4 Å². The molecule has 1 aliphatic rings. The zero-order chi connectivity index (χ0) is 10.8. The van der Waals surface area contributed by atoms with Gasteiger partial charge in [-0.1, -0.05) is 0 Å². The van der Waals surface area contributed by atoms with Crippen LogP contribution in [0.15, 0.2) is 18.3 Å². The van der Waals surface area contributed by atoms with Crippen molar-refractivity contribution in [2.24, 2.45) is 0 Å². The maximum Gasteiger partial charge on any atom is 0.214 e. The van der Waals surface area contributed by atoms with Gasteiger partial charge in [0.05, 0.1) is 12.1 Å². The Bertz CT molecular complexity index is 345. The minimum absolute atomic E-state index is 0.200. The largest absolute Gasteiger partial charge is 0.376 e. The Morgan fingerprint density at radius 2 is 2.40 bits per heavy atom. The summed E-state index contributed by atoms with van der Waals surface area (Å²) in [5.74, 6) is -0.439. The second-order valence-electron chi connectivity index (χ2n) is 3.88. The molecule has 1 saturated heterocycles. The number of halogens is 1. The predicted octanol–water partition coefficient (Wildman–Crippen LogP) is 1.83. The molecule has 1 aromatic rings. The Morgan fingerprint density at radius 3 is 3.00 bits per heavy atom. The van der Waals surface area contributed by atoms with E-state index in [0.29, 0.717) is 6.04 Å². The Morgan fingerprint density at radius 1 is 1.60 bits per heavy atom. The van der Waals surface area contributed by atoms with Crippen molar-refractivity contribution in [3.63, 3.8) is 0 Å². The maximum atomic E-state index is 12.9. The van der Waals surface area contributed by atoms with E-state index in [1.165, 1.54) is 12.3 Å². The van der Waals surface area contributed by atoms with Crippen LogP contribution in [0.5, 0.6) is 0 Å². The highest BCUT2D eigenvalue weighted by Gasteiger charge is 2.28. The molecule has 15 heavy (non-hydrogen) atoms. The number of nitrogens with zero attached hydrogens (tertiary/aromatic N) is 2. The third kappa shape index (κ3) is 2.09. The van der Waals surface area contributed by atoms with Gasteiger partial charge in [-0.15, -0.1) is 0 Å². The molecule has 82 valence electrons. The molecule has 0 spiro atoms. The maximum absolute atomic E-state index is 12.9. The van der Waals surface area contributed by atoms with E-state index in [0.717, 1.165) is 18.7 Å². The quantitative estimate of drug-likeness (QED) is 0.696. The molecular formula is C11H15FN2O. The Balaban J connectivity index is 2.16. The van der Waals surface area contributed by atoms with Gasteiger partial charge in [0.2, 0.25) is 5.95 Å². The van der Waals surface area contributed by atoms with Crippen molar-refractivity contribution in [3.05, 3.63) is 24.3 Å². The summed E-state index contributed by atoms with van der Waals surface area (Å²) in [7, 11) is 1.96. The van der Waals surface area contributed by atoms with E-state index in [1.54, 1.807) is 0 Å². The van der Waals surface area contributed by atoms with E-state index in [2.05, 4.69) is 9.88 Å². The lowest BCUT2D eigenvalue weighted by atomic mass is 10.1. The van der Waals surface area contributed by atoms with Crippen LogP contribution in [0.2, 0.25) is 0 Å².